The fourth-order valence-corrected chi connectivity index (χ4v) is 2.31. The van der Waals surface area contributed by atoms with Gasteiger partial charge in [-0.1, -0.05) is 6.92 Å². The second-order valence-electron chi connectivity index (χ2n) is 4.73. The smallest absolute Gasteiger partial charge is 0.354 e. The van der Waals surface area contributed by atoms with E-state index in [-0.39, 0.29) is 5.97 Å². The first kappa shape index (κ1) is 12.2. The molecular weight excluding hydrogens is 216 g/mol. The van der Waals surface area contributed by atoms with Crippen LogP contribution in [0.25, 0.3) is 0 Å². The zero-order valence-corrected chi connectivity index (χ0v) is 10.5. The Hall–Kier alpha value is -1.29. The number of H-pyrrole nitrogens is 1. The van der Waals surface area contributed by atoms with Crippen LogP contribution in [-0.4, -0.2) is 23.6 Å². The molecule has 0 spiro atoms. The second kappa shape index (κ2) is 4.92. The van der Waals surface area contributed by atoms with Crippen molar-refractivity contribution in [3.05, 3.63) is 23.5 Å². The molecule has 0 atom stereocenters. The summed E-state index contributed by atoms with van der Waals surface area (Å²) in [4.78, 5) is 14.3. The molecule has 0 unspecified atom stereocenters. The van der Waals surface area contributed by atoms with Crippen LogP contribution in [-0.2, 0) is 11.3 Å². The van der Waals surface area contributed by atoms with Crippen LogP contribution < -0.4 is 5.32 Å². The lowest BCUT2D eigenvalue weighted by molar-refractivity contribution is 0.0594. The molecule has 1 aromatic heterocycles. The molecule has 0 radical (unpaired) electrons. The van der Waals surface area contributed by atoms with E-state index in [1.165, 1.54) is 26.4 Å². The SMILES string of the molecule is CCC1(NCc2ccc(C(=O)OC)[nH]2)CCC1. The van der Waals surface area contributed by atoms with Gasteiger partial charge in [0.05, 0.1) is 7.11 Å². The van der Waals surface area contributed by atoms with Gasteiger partial charge in [-0.3, -0.25) is 0 Å². The zero-order chi connectivity index (χ0) is 12.3. The summed E-state index contributed by atoms with van der Waals surface area (Å²) in [5.41, 5.74) is 1.88. The number of hydrogen-bond donors (Lipinski definition) is 2. The van der Waals surface area contributed by atoms with Gasteiger partial charge >= 0.3 is 5.97 Å². The molecule has 2 N–H and O–H groups in total. The number of carbonyl (C=O) groups excluding carboxylic acids is 1. The van der Waals surface area contributed by atoms with Crippen molar-refractivity contribution in [2.24, 2.45) is 0 Å². The maximum atomic E-state index is 11.3. The minimum absolute atomic E-state index is 0.315. The van der Waals surface area contributed by atoms with Crippen molar-refractivity contribution in [1.29, 1.82) is 0 Å². The highest BCUT2D eigenvalue weighted by Gasteiger charge is 2.34. The maximum Gasteiger partial charge on any atom is 0.354 e. The standard InChI is InChI=1S/C13H20N2O2/c1-3-13(7-4-8-13)14-9-10-5-6-11(15-10)12(16)17-2/h5-6,14-15H,3-4,7-9H2,1-2H3. The van der Waals surface area contributed by atoms with Crippen molar-refractivity contribution in [3.63, 3.8) is 0 Å². The van der Waals surface area contributed by atoms with Gasteiger partial charge in [-0.05, 0) is 37.8 Å². The normalized spacial score (nSPS) is 17.5. The van der Waals surface area contributed by atoms with Crippen molar-refractivity contribution < 1.29 is 9.53 Å². The Labute approximate surface area is 102 Å². The Morgan fingerprint density at radius 1 is 1.53 bits per heavy atom. The lowest BCUT2D eigenvalue weighted by atomic mass is 9.75. The summed E-state index contributed by atoms with van der Waals surface area (Å²) in [6.45, 7) is 3.01. The number of nitrogens with one attached hydrogen (secondary N) is 2. The van der Waals surface area contributed by atoms with Crippen molar-refractivity contribution in [2.45, 2.75) is 44.7 Å². The highest BCUT2D eigenvalue weighted by molar-refractivity contribution is 5.87. The Morgan fingerprint density at radius 2 is 2.29 bits per heavy atom. The van der Waals surface area contributed by atoms with E-state index in [2.05, 4.69) is 22.0 Å². The number of aromatic nitrogens is 1. The molecule has 0 aromatic carbocycles. The van der Waals surface area contributed by atoms with E-state index in [0.717, 1.165) is 18.7 Å². The van der Waals surface area contributed by atoms with E-state index in [9.17, 15) is 4.79 Å². The molecule has 17 heavy (non-hydrogen) atoms. The summed E-state index contributed by atoms with van der Waals surface area (Å²) >= 11 is 0. The summed E-state index contributed by atoms with van der Waals surface area (Å²) in [6, 6.07) is 3.70. The Kier molecular flexibility index (Phi) is 3.52. The number of rotatable bonds is 5. The predicted molar refractivity (Wildman–Crippen MR) is 65.8 cm³/mol. The van der Waals surface area contributed by atoms with Gasteiger partial charge in [-0.15, -0.1) is 0 Å². The number of aromatic amines is 1. The van der Waals surface area contributed by atoms with Crippen LogP contribution in [0.15, 0.2) is 12.1 Å². The van der Waals surface area contributed by atoms with Crippen LogP contribution in [0.5, 0.6) is 0 Å². The van der Waals surface area contributed by atoms with Crippen molar-refractivity contribution in [3.8, 4) is 0 Å². The Balaban J connectivity index is 1.91. The summed E-state index contributed by atoms with van der Waals surface area (Å²) < 4.78 is 4.66. The third kappa shape index (κ3) is 2.52. The topological polar surface area (TPSA) is 54.1 Å². The summed E-state index contributed by atoms with van der Waals surface area (Å²) in [7, 11) is 1.39. The molecule has 1 saturated carbocycles. The van der Waals surface area contributed by atoms with Gasteiger partial charge in [-0.25, -0.2) is 4.79 Å². The molecular formula is C13H20N2O2. The van der Waals surface area contributed by atoms with Crippen LogP contribution in [0.4, 0.5) is 0 Å². The Morgan fingerprint density at radius 3 is 2.82 bits per heavy atom. The molecule has 1 fully saturated rings. The lowest BCUT2D eigenvalue weighted by Gasteiger charge is -2.42. The second-order valence-corrected chi connectivity index (χ2v) is 4.73. The molecule has 0 bridgehead atoms. The predicted octanol–water partition coefficient (Wildman–Crippen LogP) is 2.22. The molecule has 0 amide bonds. The summed E-state index contributed by atoms with van der Waals surface area (Å²) in [5.74, 6) is -0.315. The van der Waals surface area contributed by atoms with Gasteiger partial charge in [0, 0.05) is 17.8 Å². The third-order valence-corrected chi connectivity index (χ3v) is 3.79. The number of carbonyl (C=O) groups is 1. The van der Waals surface area contributed by atoms with Gasteiger partial charge in [0.25, 0.3) is 0 Å². The van der Waals surface area contributed by atoms with Gasteiger partial charge in [0.2, 0.25) is 0 Å². The van der Waals surface area contributed by atoms with Crippen molar-refractivity contribution in [1.82, 2.24) is 10.3 Å². The van der Waals surface area contributed by atoms with Crippen LogP contribution >= 0.6 is 0 Å². The number of hydrogen-bond acceptors (Lipinski definition) is 3. The van der Waals surface area contributed by atoms with Gasteiger partial charge in [-0.2, -0.15) is 0 Å². The Bertz CT molecular complexity index is 388. The fourth-order valence-electron chi connectivity index (χ4n) is 2.31. The molecule has 94 valence electrons. The van der Waals surface area contributed by atoms with Crippen molar-refractivity contribution in [2.75, 3.05) is 7.11 Å². The molecule has 0 aliphatic heterocycles. The van der Waals surface area contributed by atoms with Crippen LogP contribution in [0.3, 0.4) is 0 Å². The molecule has 4 heteroatoms. The van der Waals surface area contributed by atoms with Crippen molar-refractivity contribution >= 4 is 5.97 Å². The van der Waals surface area contributed by atoms with E-state index in [1.54, 1.807) is 6.07 Å². The first-order valence-corrected chi connectivity index (χ1v) is 6.20. The quantitative estimate of drug-likeness (QED) is 0.771. The summed E-state index contributed by atoms with van der Waals surface area (Å²) in [5, 5.41) is 3.59. The monoisotopic (exact) mass is 236 g/mol. The number of ether oxygens (including phenoxy) is 1. The lowest BCUT2D eigenvalue weighted by Crippen LogP contribution is -2.49. The average Bonchev–Trinajstić information content (AvgIpc) is 2.76. The van der Waals surface area contributed by atoms with Gasteiger partial charge in [0.1, 0.15) is 5.69 Å². The largest absolute Gasteiger partial charge is 0.464 e. The first-order chi connectivity index (χ1) is 8.19. The molecule has 1 aromatic rings. The van der Waals surface area contributed by atoms with Crippen LogP contribution in [0, 0.1) is 0 Å². The van der Waals surface area contributed by atoms with Gasteiger partial charge in [0.15, 0.2) is 0 Å². The minimum atomic E-state index is -0.315. The zero-order valence-electron chi connectivity index (χ0n) is 10.5. The molecule has 4 nitrogen and oxygen atoms in total. The van der Waals surface area contributed by atoms with E-state index in [1.807, 2.05) is 6.07 Å². The average molecular weight is 236 g/mol. The van der Waals surface area contributed by atoms with Crippen LogP contribution in [0.1, 0.15) is 48.8 Å². The summed E-state index contributed by atoms with van der Waals surface area (Å²) in [6.07, 6.45) is 5.00. The van der Waals surface area contributed by atoms with E-state index < -0.39 is 0 Å². The highest BCUT2D eigenvalue weighted by Crippen LogP contribution is 2.34. The van der Waals surface area contributed by atoms with E-state index >= 15 is 0 Å². The van der Waals surface area contributed by atoms with Crippen LogP contribution in [0.2, 0.25) is 0 Å². The molecule has 1 aliphatic carbocycles. The molecule has 1 aliphatic rings. The van der Waals surface area contributed by atoms with E-state index in [4.69, 9.17) is 0 Å². The highest BCUT2D eigenvalue weighted by atomic mass is 16.5. The third-order valence-electron chi connectivity index (χ3n) is 3.79. The number of esters is 1. The maximum absolute atomic E-state index is 11.3. The van der Waals surface area contributed by atoms with Gasteiger partial charge < -0.3 is 15.0 Å². The fraction of sp³-hybridized carbons (Fsp3) is 0.615. The first-order valence-electron chi connectivity index (χ1n) is 6.20. The van der Waals surface area contributed by atoms with E-state index in [0.29, 0.717) is 11.2 Å². The molecule has 2 rings (SSSR count). The minimum Gasteiger partial charge on any atom is -0.464 e. The molecule has 0 saturated heterocycles. The number of methoxy groups -OCH3 is 1. The molecule has 1 heterocycles.